The van der Waals surface area contributed by atoms with E-state index in [-0.39, 0.29) is 11.4 Å². The highest BCUT2D eigenvalue weighted by Crippen LogP contribution is 2.25. The maximum absolute atomic E-state index is 11.2. The van der Waals surface area contributed by atoms with Crippen molar-refractivity contribution in [3.8, 4) is 5.75 Å². The lowest BCUT2D eigenvalue weighted by atomic mass is 10.2. The van der Waals surface area contributed by atoms with E-state index in [4.69, 9.17) is 16.2 Å². The van der Waals surface area contributed by atoms with Crippen molar-refractivity contribution in [3.05, 3.63) is 40.2 Å². The largest absolute Gasteiger partial charge is 0.495 e. The first-order chi connectivity index (χ1) is 9.08. The molecule has 0 aliphatic rings. The Hall–Kier alpha value is -2.15. The minimum absolute atomic E-state index is 0.209. The Kier molecular flexibility index (Phi) is 3.96. The minimum atomic E-state index is -0.260. The van der Waals surface area contributed by atoms with Crippen molar-refractivity contribution in [1.29, 1.82) is 0 Å². The van der Waals surface area contributed by atoms with Gasteiger partial charge in [-0.25, -0.2) is 4.98 Å². The number of anilines is 2. The van der Waals surface area contributed by atoms with E-state index in [2.05, 4.69) is 9.97 Å². The number of hydrogen-bond donors (Lipinski definition) is 3. The van der Waals surface area contributed by atoms with E-state index in [0.29, 0.717) is 22.3 Å². The molecule has 7 heteroatoms. The van der Waals surface area contributed by atoms with Gasteiger partial charge < -0.3 is 21.2 Å². The summed E-state index contributed by atoms with van der Waals surface area (Å²) in [6.07, 6.45) is 0. The van der Waals surface area contributed by atoms with Gasteiger partial charge in [-0.1, -0.05) is 17.8 Å². The van der Waals surface area contributed by atoms with E-state index < -0.39 is 0 Å². The fourth-order valence-corrected chi connectivity index (χ4v) is 2.37. The molecule has 0 unspecified atom stereocenters. The number of H-pyrrole nitrogens is 1. The molecule has 0 aliphatic carbocycles. The van der Waals surface area contributed by atoms with Crippen LogP contribution in [-0.2, 0) is 5.75 Å². The van der Waals surface area contributed by atoms with Crippen molar-refractivity contribution < 1.29 is 4.74 Å². The van der Waals surface area contributed by atoms with Crippen molar-refractivity contribution in [1.82, 2.24) is 9.97 Å². The average molecular weight is 278 g/mol. The molecule has 6 nitrogen and oxygen atoms in total. The van der Waals surface area contributed by atoms with E-state index in [1.165, 1.54) is 17.8 Å². The van der Waals surface area contributed by atoms with E-state index in [9.17, 15) is 4.79 Å². The maximum Gasteiger partial charge on any atom is 0.253 e. The van der Waals surface area contributed by atoms with Gasteiger partial charge >= 0.3 is 0 Å². The van der Waals surface area contributed by atoms with Gasteiger partial charge in [0.25, 0.3) is 5.56 Å². The molecule has 100 valence electrons. The summed E-state index contributed by atoms with van der Waals surface area (Å²) in [5.74, 6) is 1.48. The van der Waals surface area contributed by atoms with Crippen LogP contribution in [-0.4, -0.2) is 17.1 Å². The fourth-order valence-electron chi connectivity index (χ4n) is 1.55. The zero-order valence-electron chi connectivity index (χ0n) is 10.3. The summed E-state index contributed by atoms with van der Waals surface area (Å²) in [6, 6.07) is 6.79. The van der Waals surface area contributed by atoms with Crippen LogP contribution >= 0.6 is 11.8 Å². The van der Waals surface area contributed by atoms with Crippen molar-refractivity contribution in [2.24, 2.45) is 0 Å². The molecule has 1 aromatic carbocycles. The van der Waals surface area contributed by atoms with Crippen molar-refractivity contribution >= 4 is 23.3 Å². The smallest absolute Gasteiger partial charge is 0.253 e. The number of aromatic nitrogens is 2. The van der Waals surface area contributed by atoms with Gasteiger partial charge in [-0.15, -0.1) is 0 Å². The predicted molar refractivity (Wildman–Crippen MR) is 76.2 cm³/mol. The minimum Gasteiger partial charge on any atom is -0.495 e. The molecule has 0 bridgehead atoms. The second-order valence-corrected chi connectivity index (χ2v) is 4.80. The number of methoxy groups -OCH3 is 1. The van der Waals surface area contributed by atoms with Gasteiger partial charge in [0.1, 0.15) is 11.6 Å². The number of rotatable bonds is 4. The van der Waals surface area contributed by atoms with E-state index in [1.807, 2.05) is 12.1 Å². The number of nitrogens with zero attached hydrogens (tertiary/aromatic N) is 1. The number of nitrogens with one attached hydrogen (secondary N) is 1. The predicted octanol–water partition coefficient (Wildman–Crippen LogP) is 1.24. The molecular formula is C12H14N4O2S. The molecular weight excluding hydrogens is 264 g/mol. The zero-order valence-corrected chi connectivity index (χ0v) is 11.2. The average Bonchev–Trinajstić information content (AvgIpc) is 2.35. The van der Waals surface area contributed by atoms with Crippen LogP contribution in [0.3, 0.4) is 0 Å². The molecule has 0 amide bonds. The summed E-state index contributed by atoms with van der Waals surface area (Å²) in [6.45, 7) is 0. The third kappa shape index (κ3) is 3.41. The van der Waals surface area contributed by atoms with E-state index in [0.717, 1.165) is 5.56 Å². The van der Waals surface area contributed by atoms with E-state index in [1.54, 1.807) is 13.2 Å². The Morgan fingerprint density at radius 2 is 2.16 bits per heavy atom. The molecule has 1 heterocycles. The topological polar surface area (TPSA) is 107 Å². The van der Waals surface area contributed by atoms with Crippen molar-refractivity contribution in [3.63, 3.8) is 0 Å². The van der Waals surface area contributed by atoms with Gasteiger partial charge in [0.05, 0.1) is 12.8 Å². The maximum atomic E-state index is 11.2. The number of thioether (sulfide) groups is 1. The second-order valence-electron chi connectivity index (χ2n) is 3.84. The number of aromatic amines is 1. The standard InChI is InChI=1S/C12H14N4O2S/c1-18-9-3-2-7(4-8(9)13)6-19-12-15-10(14)5-11(17)16-12/h2-5H,6,13H2,1H3,(H3,14,15,16,17). The fraction of sp³-hybridized carbons (Fsp3) is 0.167. The first-order valence-electron chi connectivity index (χ1n) is 5.50. The summed E-state index contributed by atoms with van der Waals surface area (Å²) >= 11 is 1.38. The highest BCUT2D eigenvalue weighted by molar-refractivity contribution is 7.98. The number of benzene rings is 1. The molecule has 0 radical (unpaired) electrons. The number of ether oxygens (including phenoxy) is 1. The third-order valence-corrected chi connectivity index (χ3v) is 3.35. The first kappa shape index (κ1) is 13.3. The molecule has 0 aliphatic heterocycles. The highest BCUT2D eigenvalue weighted by Gasteiger charge is 2.04. The van der Waals surface area contributed by atoms with Crippen LogP contribution in [0.15, 0.2) is 34.2 Å². The van der Waals surface area contributed by atoms with Crippen LogP contribution in [0.25, 0.3) is 0 Å². The third-order valence-electron chi connectivity index (χ3n) is 2.41. The lowest BCUT2D eigenvalue weighted by Crippen LogP contribution is -2.09. The van der Waals surface area contributed by atoms with Crippen molar-refractivity contribution in [2.45, 2.75) is 10.9 Å². The van der Waals surface area contributed by atoms with Gasteiger partial charge in [-0.2, -0.15) is 0 Å². The number of hydrogen-bond acceptors (Lipinski definition) is 6. The highest BCUT2D eigenvalue weighted by atomic mass is 32.2. The molecule has 0 atom stereocenters. The molecule has 2 rings (SSSR count). The van der Waals surface area contributed by atoms with Crippen LogP contribution in [0, 0.1) is 0 Å². The molecule has 0 saturated heterocycles. The normalized spacial score (nSPS) is 10.4. The molecule has 0 saturated carbocycles. The van der Waals surface area contributed by atoms with Gasteiger partial charge in [-0.05, 0) is 17.7 Å². The molecule has 1 aromatic heterocycles. The second kappa shape index (κ2) is 5.66. The summed E-state index contributed by atoms with van der Waals surface area (Å²) < 4.78 is 5.09. The van der Waals surface area contributed by atoms with Gasteiger partial charge in [0, 0.05) is 11.8 Å². The molecule has 0 fully saturated rings. The van der Waals surface area contributed by atoms with E-state index >= 15 is 0 Å². The molecule has 0 spiro atoms. The van der Waals surface area contributed by atoms with Crippen LogP contribution in [0.2, 0.25) is 0 Å². The van der Waals surface area contributed by atoms with Gasteiger partial charge in [0.15, 0.2) is 5.16 Å². The Morgan fingerprint density at radius 1 is 1.37 bits per heavy atom. The summed E-state index contributed by atoms with van der Waals surface area (Å²) in [4.78, 5) is 17.9. The van der Waals surface area contributed by atoms with Crippen LogP contribution in [0.5, 0.6) is 5.75 Å². The number of nitrogen functional groups attached to an aromatic ring is 2. The van der Waals surface area contributed by atoms with Crippen LogP contribution in [0.1, 0.15) is 5.56 Å². The van der Waals surface area contributed by atoms with Gasteiger partial charge in [0.2, 0.25) is 0 Å². The Morgan fingerprint density at radius 3 is 2.79 bits per heavy atom. The zero-order chi connectivity index (χ0) is 13.8. The number of nitrogens with two attached hydrogens (primary N) is 2. The Labute approximate surface area is 114 Å². The van der Waals surface area contributed by atoms with Crippen LogP contribution < -0.4 is 21.8 Å². The van der Waals surface area contributed by atoms with Crippen molar-refractivity contribution in [2.75, 3.05) is 18.6 Å². The lowest BCUT2D eigenvalue weighted by molar-refractivity contribution is 0.417. The first-order valence-corrected chi connectivity index (χ1v) is 6.49. The summed E-state index contributed by atoms with van der Waals surface area (Å²) in [5, 5.41) is 0.486. The Balaban J connectivity index is 2.10. The van der Waals surface area contributed by atoms with Gasteiger partial charge in [-0.3, -0.25) is 4.79 Å². The quantitative estimate of drug-likeness (QED) is 0.441. The molecule has 19 heavy (non-hydrogen) atoms. The van der Waals surface area contributed by atoms with Crippen LogP contribution in [0.4, 0.5) is 11.5 Å². The summed E-state index contributed by atoms with van der Waals surface area (Å²) in [7, 11) is 1.57. The monoisotopic (exact) mass is 278 g/mol. The summed E-state index contributed by atoms with van der Waals surface area (Å²) in [5.41, 5.74) is 12.7. The lowest BCUT2D eigenvalue weighted by Gasteiger charge is -2.07. The molecule has 5 N–H and O–H groups in total. The SMILES string of the molecule is COc1ccc(CSc2nc(N)cc(=O)[nH]2)cc1N. The Bertz CT molecular complexity index is 642. The molecule has 2 aromatic rings.